The van der Waals surface area contributed by atoms with Gasteiger partial charge in [0.2, 0.25) is 0 Å². The smallest absolute Gasteiger partial charge is 0.269 e. The van der Waals surface area contributed by atoms with Crippen LogP contribution in [-0.4, -0.2) is 27.5 Å². The number of aryl methyl sites for hydroxylation is 2. The number of hydrogen-bond acceptors (Lipinski definition) is 4. The largest absolute Gasteiger partial charge is 0.394 e. The number of nitriles is 1. The summed E-state index contributed by atoms with van der Waals surface area (Å²) < 4.78 is 1.30. The first-order valence-corrected chi connectivity index (χ1v) is 4.91. The second-order valence-corrected chi connectivity index (χ2v) is 3.71. The molecule has 2 N–H and O–H groups in total. The Bertz CT molecular complexity index is 485. The van der Waals surface area contributed by atoms with E-state index in [9.17, 15) is 9.90 Å². The fraction of sp³-hybridized carbons (Fsp3) is 0.455. The van der Waals surface area contributed by atoms with Gasteiger partial charge in [-0.3, -0.25) is 4.79 Å². The first kappa shape index (κ1) is 12.4. The number of aliphatic hydroxyl groups is 2. The van der Waals surface area contributed by atoms with Crippen LogP contribution in [0.4, 0.5) is 0 Å². The molecule has 0 fully saturated rings. The van der Waals surface area contributed by atoms with E-state index in [1.807, 2.05) is 6.07 Å². The molecule has 1 rings (SSSR count). The van der Waals surface area contributed by atoms with E-state index >= 15 is 0 Å². The fourth-order valence-electron chi connectivity index (χ4n) is 1.56. The summed E-state index contributed by atoms with van der Waals surface area (Å²) in [6.45, 7) is 3.00. The van der Waals surface area contributed by atoms with Gasteiger partial charge in [0.1, 0.15) is 11.6 Å². The molecule has 1 heterocycles. The van der Waals surface area contributed by atoms with Crippen LogP contribution in [0, 0.1) is 25.2 Å². The maximum Gasteiger partial charge on any atom is 0.269 e. The Balaban J connectivity index is 3.30. The summed E-state index contributed by atoms with van der Waals surface area (Å²) in [4.78, 5) is 11.8. The molecule has 86 valence electrons. The molecule has 0 radical (unpaired) electrons. The maximum atomic E-state index is 11.8. The molecule has 0 saturated heterocycles. The minimum atomic E-state index is -0.995. The van der Waals surface area contributed by atoms with Gasteiger partial charge in [-0.15, -0.1) is 0 Å². The molecule has 5 heteroatoms. The zero-order valence-corrected chi connectivity index (χ0v) is 9.27. The first-order chi connectivity index (χ1) is 7.51. The molecule has 0 unspecified atom stereocenters. The van der Waals surface area contributed by atoms with E-state index in [0.717, 1.165) is 0 Å². The molecule has 0 saturated carbocycles. The van der Waals surface area contributed by atoms with E-state index in [0.29, 0.717) is 11.3 Å². The number of aromatic nitrogens is 1. The van der Waals surface area contributed by atoms with Gasteiger partial charge in [0.25, 0.3) is 5.56 Å². The molecule has 0 aliphatic heterocycles. The van der Waals surface area contributed by atoms with Crippen molar-refractivity contribution >= 4 is 0 Å². The minimum Gasteiger partial charge on any atom is -0.394 e. The first-order valence-electron chi connectivity index (χ1n) is 4.91. The second-order valence-electron chi connectivity index (χ2n) is 3.71. The number of rotatable bonds is 3. The highest BCUT2D eigenvalue weighted by Gasteiger charge is 2.12. The molecule has 0 aromatic carbocycles. The highest BCUT2D eigenvalue weighted by atomic mass is 16.3. The lowest BCUT2D eigenvalue weighted by atomic mass is 10.1. The average molecular weight is 222 g/mol. The summed E-state index contributed by atoms with van der Waals surface area (Å²) in [5.41, 5.74) is 0.942. The van der Waals surface area contributed by atoms with Crippen molar-refractivity contribution in [2.24, 2.45) is 0 Å². The molecule has 1 aromatic heterocycles. The summed E-state index contributed by atoms with van der Waals surface area (Å²) >= 11 is 0. The van der Waals surface area contributed by atoms with E-state index in [-0.39, 0.29) is 12.1 Å². The third-order valence-corrected chi connectivity index (χ3v) is 2.42. The van der Waals surface area contributed by atoms with E-state index in [4.69, 9.17) is 10.4 Å². The van der Waals surface area contributed by atoms with E-state index in [1.165, 1.54) is 4.57 Å². The summed E-state index contributed by atoms with van der Waals surface area (Å²) in [6.07, 6.45) is -0.995. The van der Waals surface area contributed by atoms with Gasteiger partial charge < -0.3 is 14.8 Å². The van der Waals surface area contributed by atoms with E-state index in [2.05, 4.69) is 0 Å². The van der Waals surface area contributed by atoms with E-state index < -0.39 is 18.3 Å². The Morgan fingerprint density at radius 3 is 2.69 bits per heavy atom. The van der Waals surface area contributed by atoms with Crippen molar-refractivity contribution in [3.8, 4) is 6.07 Å². The van der Waals surface area contributed by atoms with Crippen molar-refractivity contribution < 1.29 is 10.2 Å². The highest BCUT2D eigenvalue weighted by Crippen LogP contribution is 2.05. The quantitative estimate of drug-likeness (QED) is 0.734. The molecular weight excluding hydrogens is 208 g/mol. The van der Waals surface area contributed by atoms with Gasteiger partial charge in [0.15, 0.2) is 0 Å². The van der Waals surface area contributed by atoms with Crippen molar-refractivity contribution in [3.63, 3.8) is 0 Å². The summed E-state index contributed by atoms with van der Waals surface area (Å²) in [5, 5.41) is 26.9. The molecule has 0 bridgehead atoms. The third-order valence-electron chi connectivity index (χ3n) is 2.42. The number of pyridine rings is 1. The van der Waals surface area contributed by atoms with Gasteiger partial charge >= 0.3 is 0 Å². The molecular formula is C11H14N2O3. The van der Waals surface area contributed by atoms with Crippen molar-refractivity contribution in [1.29, 1.82) is 5.26 Å². The lowest BCUT2D eigenvalue weighted by molar-refractivity contribution is 0.0798. The van der Waals surface area contributed by atoms with Gasteiger partial charge in [-0.05, 0) is 25.5 Å². The van der Waals surface area contributed by atoms with Gasteiger partial charge in [-0.2, -0.15) is 5.26 Å². The molecule has 0 amide bonds. The average Bonchev–Trinajstić information content (AvgIpc) is 2.24. The standard InChI is InChI=1S/C11H14N2O3/c1-7-3-8(2)13(5-9(15)6-14)11(16)10(7)4-12/h3,9,14-15H,5-6H2,1-2H3/t9-/m0/s1. The predicted octanol–water partition coefficient (Wildman–Crippen LogP) is -0.310. The fourth-order valence-corrected chi connectivity index (χ4v) is 1.56. The minimum absolute atomic E-state index is 0.00384. The van der Waals surface area contributed by atoms with Crippen LogP contribution < -0.4 is 5.56 Å². The topological polar surface area (TPSA) is 86.2 Å². The maximum absolute atomic E-state index is 11.8. The summed E-state index contributed by atoms with van der Waals surface area (Å²) in [5.74, 6) is 0. The number of nitrogens with zero attached hydrogens (tertiary/aromatic N) is 2. The lowest BCUT2D eigenvalue weighted by Crippen LogP contribution is -2.31. The van der Waals surface area contributed by atoms with Crippen LogP contribution in [-0.2, 0) is 6.54 Å². The van der Waals surface area contributed by atoms with Crippen LogP contribution in [0.2, 0.25) is 0 Å². The molecule has 0 spiro atoms. The van der Waals surface area contributed by atoms with E-state index in [1.54, 1.807) is 19.9 Å². The molecule has 1 aromatic rings. The Morgan fingerprint density at radius 1 is 1.56 bits per heavy atom. The Hall–Kier alpha value is -1.64. The van der Waals surface area contributed by atoms with Crippen molar-refractivity contribution in [2.75, 3.05) is 6.61 Å². The predicted molar refractivity (Wildman–Crippen MR) is 58.0 cm³/mol. The molecule has 1 atom stereocenters. The Morgan fingerprint density at radius 2 is 2.19 bits per heavy atom. The highest BCUT2D eigenvalue weighted by molar-refractivity contribution is 5.36. The van der Waals surface area contributed by atoms with Gasteiger partial charge in [-0.25, -0.2) is 0 Å². The third kappa shape index (κ3) is 2.30. The monoisotopic (exact) mass is 222 g/mol. The van der Waals surface area contributed by atoms with Gasteiger partial charge in [0.05, 0.1) is 19.3 Å². The molecule has 0 aliphatic rings. The Kier molecular flexibility index (Phi) is 3.82. The van der Waals surface area contributed by atoms with Crippen LogP contribution in [0.25, 0.3) is 0 Å². The molecule has 16 heavy (non-hydrogen) atoms. The number of aliphatic hydroxyl groups excluding tert-OH is 2. The molecule has 5 nitrogen and oxygen atoms in total. The number of hydrogen-bond donors (Lipinski definition) is 2. The lowest BCUT2D eigenvalue weighted by Gasteiger charge is -2.14. The van der Waals surface area contributed by atoms with Crippen LogP contribution in [0.3, 0.4) is 0 Å². The van der Waals surface area contributed by atoms with Crippen LogP contribution >= 0.6 is 0 Å². The second kappa shape index (κ2) is 4.92. The van der Waals surface area contributed by atoms with Crippen LogP contribution in [0.1, 0.15) is 16.8 Å². The van der Waals surface area contributed by atoms with Gasteiger partial charge in [0, 0.05) is 5.69 Å². The van der Waals surface area contributed by atoms with Crippen molar-refractivity contribution in [3.05, 3.63) is 33.2 Å². The molecule has 0 aliphatic carbocycles. The van der Waals surface area contributed by atoms with Gasteiger partial charge in [-0.1, -0.05) is 0 Å². The summed E-state index contributed by atoms with van der Waals surface area (Å²) in [7, 11) is 0. The zero-order valence-electron chi connectivity index (χ0n) is 9.27. The van der Waals surface area contributed by atoms with Crippen molar-refractivity contribution in [1.82, 2.24) is 4.57 Å². The Labute approximate surface area is 93.2 Å². The van der Waals surface area contributed by atoms with Crippen molar-refractivity contribution in [2.45, 2.75) is 26.5 Å². The van der Waals surface area contributed by atoms with Crippen LogP contribution in [0.5, 0.6) is 0 Å². The SMILES string of the molecule is Cc1cc(C)n(C[C@H](O)CO)c(=O)c1C#N. The van der Waals surface area contributed by atoms with Crippen LogP contribution in [0.15, 0.2) is 10.9 Å². The normalized spacial score (nSPS) is 12.2. The summed E-state index contributed by atoms with van der Waals surface area (Å²) in [6, 6.07) is 3.56. The zero-order chi connectivity index (χ0) is 12.3.